The molecule has 0 aromatic rings. The number of carbonyl (C=O) groups excluding carboxylic acids is 1. The van der Waals surface area contributed by atoms with Crippen LogP contribution >= 0.6 is 0 Å². The summed E-state index contributed by atoms with van der Waals surface area (Å²) < 4.78 is 26.5. The lowest BCUT2D eigenvalue weighted by atomic mass is 10.2. The van der Waals surface area contributed by atoms with Gasteiger partial charge in [0.2, 0.25) is 0 Å². The Morgan fingerprint density at radius 1 is 1.27 bits per heavy atom. The van der Waals surface area contributed by atoms with Gasteiger partial charge in [0.05, 0.1) is 5.75 Å². The van der Waals surface area contributed by atoms with Gasteiger partial charge in [0, 0.05) is 6.08 Å². The molecule has 0 aliphatic carbocycles. The standard InChI is InChI=1S/C10H18O4S/c1-3-5-6-7-8-9-15(12,13)14-10(11)4-2/h4H,2-3,5-9H2,1H3. The summed E-state index contributed by atoms with van der Waals surface area (Å²) in [5.74, 6) is -1.01. The van der Waals surface area contributed by atoms with Crippen molar-refractivity contribution < 1.29 is 17.4 Å². The average Bonchev–Trinajstić information content (AvgIpc) is 2.16. The molecule has 0 spiro atoms. The van der Waals surface area contributed by atoms with E-state index in [-0.39, 0.29) is 5.75 Å². The summed E-state index contributed by atoms with van der Waals surface area (Å²) in [5.41, 5.74) is 0. The van der Waals surface area contributed by atoms with Gasteiger partial charge in [0.1, 0.15) is 0 Å². The molecule has 0 bridgehead atoms. The maximum absolute atomic E-state index is 11.1. The summed E-state index contributed by atoms with van der Waals surface area (Å²) in [4.78, 5) is 10.6. The SMILES string of the molecule is C=CC(=O)OS(=O)(=O)CCCCCCC. The zero-order chi connectivity index (χ0) is 11.7. The van der Waals surface area contributed by atoms with Gasteiger partial charge in [-0.2, -0.15) is 8.42 Å². The first-order valence-electron chi connectivity index (χ1n) is 5.10. The Labute approximate surface area is 91.4 Å². The van der Waals surface area contributed by atoms with Crippen molar-refractivity contribution in [2.45, 2.75) is 39.0 Å². The molecule has 0 N–H and O–H groups in total. The van der Waals surface area contributed by atoms with Gasteiger partial charge in [0.25, 0.3) is 0 Å². The average molecular weight is 234 g/mol. The van der Waals surface area contributed by atoms with Gasteiger partial charge in [-0.05, 0) is 6.42 Å². The Balaban J connectivity index is 3.75. The molecule has 0 amide bonds. The van der Waals surface area contributed by atoms with Crippen molar-refractivity contribution in [2.24, 2.45) is 0 Å². The number of hydrogen-bond donors (Lipinski definition) is 0. The van der Waals surface area contributed by atoms with Crippen molar-refractivity contribution in [3.63, 3.8) is 0 Å². The molecule has 0 unspecified atom stereocenters. The smallest absolute Gasteiger partial charge is 0.342 e. The molecule has 0 atom stereocenters. The molecule has 88 valence electrons. The minimum absolute atomic E-state index is 0.101. The topological polar surface area (TPSA) is 60.4 Å². The Kier molecular flexibility index (Phi) is 7.03. The predicted octanol–water partition coefficient (Wildman–Crippen LogP) is 2.02. The van der Waals surface area contributed by atoms with E-state index in [1.807, 2.05) is 0 Å². The quantitative estimate of drug-likeness (QED) is 0.366. The fourth-order valence-corrected chi connectivity index (χ4v) is 2.04. The highest BCUT2D eigenvalue weighted by Gasteiger charge is 2.14. The van der Waals surface area contributed by atoms with Crippen LogP contribution in [-0.2, 0) is 19.1 Å². The third kappa shape index (κ3) is 8.17. The number of hydrogen-bond acceptors (Lipinski definition) is 4. The van der Waals surface area contributed by atoms with Gasteiger partial charge in [-0.25, -0.2) is 4.79 Å². The zero-order valence-corrected chi connectivity index (χ0v) is 9.88. The molecule has 0 saturated carbocycles. The second-order valence-electron chi connectivity index (χ2n) is 3.28. The first-order chi connectivity index (χ1) is 7.02. The van der Waals surface area contributed by atoms with Crippen LogP contribution in [0.5, 0.6) is 0 Å². The second-order valence-corrected chi connectivity index (χ2v) is 4.97. The normalized spacial score (nSPS) is 11.0. The van der Waals surface area contributed by atoms with Crippen molar-refractivity contribution in [3.8, 4) is 0 Å². The van der Waals surface area contributed by atoms with E-state index in [1.165, 1.54) is 0 Å². The molecule has 15 heavy (non-hydrogen) atoms. The summed E-state index contributed by atoms with van der Waals surface area (Å²) in [6.07, 6.45) is 5.45. The van der Waals surface area contributed by atoms with Crippen LogP contribution in [0, 0.1) is 0 Å². The third-order valence-corrected chi connectivity index (χ3v) is 3.08. The molecular formula is C10H18O4S. The summed E-state index contributed by atoms with van der Waals surface area (Å²) in [6, 6.07) is 0. The van der Waals surface area contributed by atoms with Crippen molar-refractivity contribution in [1.82, 2.24) is 0 Å². The lowest BCUT2D eigenvalue weighted by molar-refractivity contribution is -0.128. The fraction of sp³-hybridized carbons (Fsp3) is 0.700. The molecule has 5 heteroatoms. The molecule has 0 rings (SSSR count). The van der Waals surface area contributed by atoms with E-state index in [1.54, 1.807) is 0 Å². The van der Waals surface area contributed by atoms with Crippen molar-refractivity contribution in [2.75, 3.05) is 5.75 Å². The van der Waals surface area contributed by atoms with Crippen molar-refractivity contribution in [3.05, 3.63) is 12.7 Å². The van der Waals surface area contributed by atoms with Crippen LogP contribution in [0.15, 0.2) is 12.7 Å². The van der Waals surface area contributed by atoms with Crippen LogP contribution < -0.4 is 0 Å². The Morgan fingerprint density at radius 2 is 1.87 bits per heavy atom. The molecule has 0 radical (unpaired) electrons. The fourth-order valence-electron chi connectivity index (χ4n) is 1.08. The van der Waals surface area contributed by atoms with Crippen LogP contribution in [0.4, 0.5) is 0 Å². The first-order valence-corrected chi connectivity index (χ1v) is 6.68. The Hall–Kier alpha value is -0.840. The molecular weight excluding hydrogens is 216 g/mol. The minimum atomic E-state index is -3.70. The summed E-state index contributed by atoms with van der Waals surface area (Å²) in [6.45, 7) is 5.21. The van der Waals surface area contributed by atoms with E-state index < -0.39 is 16.1 Å². The van der Waals surface area contributed by atoms with Gasteiger partial charge in [0.15, 0.2) is 0 Å². The second kappa shape index (κ2) is 7.45. The Morgan fingerprint density at radius 3 is 2.40 bits per heavy atom. The van der Waals surface area contributed by atoms with E-state index in [4.69, 9.17) is 0 Å². The van der Waals surface area contributed by atoms with Crippen molar-refractivity contribution >= 4 is 16.1 Å². The molecule has 0 heterocycles. The van der Waals surface area contributed by atoms with Crippen LogP contribution in [0.1, 0.15) is 39.0 Å². The van der Waals surface area contributed by atoms with Crippen molar-refractivity contribution in [1.29, 1.82) is 0 Å². The largest absolute Gasteiger partial charge is 0.345 e. The van der Waals surface area contributed by atoms with Crippen LogP contribution in [0.25, 0.3) is 0 Å². The summed E-state index contributed by atoms with van der Waals surface area (Å²) in [5, 5.41) is 0. The molecule has 4 nitrogen and oxygen atoms in total. The molecule has 0 fully saturated rings. The molecule has 0 aliphatic rings. The lowest BCUT2D eigenvalue weighted by Gasteiger charge is -2.02. The first kappa shape index (κ1) is 14.2. The lowest BCUT2D eigenvalue weighted by Crippen LogP contribution is -2.14. The predicted molar refractivity (Wildman–Crippen MR) is 58.8 cm³/mol. The molecule has 0 aromatic carbocycles. The molecule has 0 aromatic heterocycles. The van der Waals surface area contributed by atoms with E-state index in [9.17, 15) is 13.2 Å². The number of carbonyl (C=O) groups is 1. The van der Waals surface area contributed by atoms with E-state index in [2.05, 4.69) is 17.7 Å². The van der Waals surface area contributed by atoms with Gasteiger partial charge in [-0.1, -0.05) is 39.2 Å². The maximum Gasteiger partial charge on any atom is 0.345 e. The van der Waals surface area contributed by atoms with E-state index >= 15 is 0 Å². The van der Waals surface area contributed by atoms with E-state index in [0.29, 0.717) is 6.42 Å². The van der Waals surface area contributed by atoms with Gasteiger partial charge in [-0.15, -0.1) is 0 Å². The molecule has 0 aliphatic heterocycles. The monoisotopic (exact) mass is 234 g/mol. The van der Waals surface area contributed by atoms with Gasteiger partial charge >= 0.3 is 16.1 Å². The summed E-state index contributed by atoms with van der Waals surface area (Å²) in [7, 11) is -3.70. The van der Waals surface area contributed by atoms with Crippen LogP contribution in [0.2, 0.25) is 0 Å². The highest BCUT2D eigenvalue weighted by Crippen LogP contribution is 2.05. The van der Waals surface area contributed by atoms with E-state index in [0.717, 1.165) is 31.8 Å². The Bertz CT molecular complexity index is 293. The third-order valence-electron chi connectivity index (χ3n) is 1.87. The number of rotatable bonds is 8. The number of unbranched alkanes of at least 4 members (excludes halogenated alkanes) is 4. The minimum Gasteiger partial charge on any atom is -0.342 e. The maximum atomic E-state index is 11.1. The summed E-state index contributed by atoms with van der Waals surface area (Å²) >= 11 is 0. The highest BCUT2D eigenvalue weighted by atomic mass is 32.2. The molecule has 0 saturated heterocycles. The highest BCUT2D eigenvalue weighted by molar-refractivity contribution is 7.87. The zero-order valence-electron chi connectivity index (χ0n) is 9.07. The van der Waals surface area contributed by atoms with Crippen LogP contribution in [-0.4, -0.2) is 20.1 Å². The van der Waals surface area contributed by atoms with Crippen LogP contribution in [0.3, 0.4) is 0 Å². The van der Waals surface area contributed by atoms with Gasteiger partial charge in [-0.3, -0.25) is 0 Å². The van der Waals surface area contributed by atoms with Gasteiger partial charge < -0.3 is 4.18 Å².